The maximum absolute atomic E-state index is 13.5. The van der Waals surface area contributed by atoms with Crippen LogP contribution >= 0.6 is 58.8 Å². The molecule has 0 aromatic heterocycles. The van der Waals surface area contributed by atoms with Gasteiger partial charge in [-0.1, -0.05) is 70.9 Å². The third kappa shape index (κ3) is 6.92. The number of anilines is 2. The van der Waals surface area contributed by atoms with Crippen LogP contribution in [0, 0.1) is 5.82 Å². The Morgan fingerprint density at radius 1 is 0.976 bits per heavy atom. The minimum Gasteiger partial charge on any atom is -0.488 e. The van der Waals surface area contributed by atoms with Crippen LogP contribution in [-0.4, -0.2) is 16.1 Å². The largest absolute Gasteiger partial charge is 0.488 e. The molecule has 1 heterocycles. The van der Waals surface area contributed by atoms with Crippen LogP contribution in [0.5, 0.6) is 5.75 Å². The molecule has 0 bridgehead atoms. The Morgan fingerprint density at radius 3 is 2.46 bits per heavy atom. The molecule has 0 aliphatic carbocycles. The van der Waals surface area contributed by atoms with E-state index in [0.717, 1.165) is 17.3 Å². The van der Waals surface area contributed by atoms with Crippen molar-refractivity contribution < 1.29 is 18.7 Å². The number of thioether (sulfide) groups is 1. The second kappa shape index (κ2) is 12.6. The lowest BCUT2D eigenvalue weighted by Gasteiger charge is -2.16. The molecule has 0 saturated carbocycles. The first-order chi connectivity index (χ1) is 19.7. The van der Waals surface area contributed by atoms with E-state index in [1.54, 1.807) is 66.7 Å². The smallest absolute Gasteiger partial charge is 0.270 e. The number of carbonyl (C=O) groups excluding carboxylic acids is 2. The van der Waals surface area contributed by atoms with Gasteiger partial charge < -0.3 is 10.1 Å². The van der Waals surface area contributed by atoms with Gasteiger partial charge in [0.2, 0.25) is 0 Å². The van der Waals surface area contributed by atoms with Crippen molar-refractivity contribution in [2.45, 2.75) is 6.61 Å². The van der Waals surface area contributed by atoms with E-state index < -0.39 is 11.7 Å². The number of amides is 2. The molecular formula is C30H18Cl3FN2O3S2. The molecule has 5 rings (SSSR count). The van der Waals surface area contributed by atoms with Crippen LogP contribution in [-0.2, 0) is 11.4 Å². The molecule has 1 N–H and O–H groups in total. The standard InChI is InChI=1S/C30H18Cl3FN2O3S2/c31-20-6-11-26(39-16-18-4-5-21(32)15-25(18)33)19(12-20)14-27-29(38)36(30(40)41-27)24-3-1-2-17(13-24)28(37)35-23-9-7-22(34)8-10-23/h1-15H,16H2,(H,35,37)/b27-14+. The average molecular weight is 644 g/mol. The highest BCUT2D eigenvalue weighted by molar-refractivity contribution is 8.27. The molecule has 1 aliphatic rings. The highest BCUT2D eigenvalue weighted by Crippen LogP contribution is 2.38. The van der Waals surface area contributed by atoms with E-state index in [9.17, 15) is 14.0 Å². The first-order valence-corrected chi connectivity index (χ1v) is 14.3. The Morgan fingerprint density at radius 2 is 1.71 bits per heavy atom. The van der Waals surface area contributed by atoms with Gasteiger partial charge >= 0.3 is 0 Å². The van der Waals surface area contributed by atoms with Gasteiger partial charge in [0.15, 0.2) is 4.32 Å². The molecular weight excluding hydrogens is 626 g/mol. The van der Waals surface area contributed by atoms with Crippen LogP contribution in [0.3, 0.4) is 0 Å². The zero-order valence-electron chi connectivity index (χ0n) is 20.9. The molecule has 0 atom stereocenters. The molecule has 1 aliphatic heterocycles. The maximum atomic E-state index is 13.5. The molecule has 0 unspecified atom stereocenters. The Kier molecular flexibility index (Phi) is 8.97. The lowest BCUT2D eigenvalue weighted by molar-refractivity contribution is -0.113. The summed E-state index contributed by atoms with van der Waals surface area (Å²) in [5.74, 6) is -0.691. The number of hydrogen-bond donors (Lipinski definition) is 1. The summed E-state index contributed by atoms with van der Waals surface area (Å²) in [5.41, 5.74) is 2.49. The van der Waals surface area contributed by atoms with Crippen LogP contribution < -0.4 is 15.0 Å². The van der Waals surface area contributed by atoms with Gasteiger partial charge in [-0.15, -0.1) is 0 Å². The first kappa shape index (κ1) is 29.1. The summed E-state index contributed by atoms with van der Waals surface area (Å²) in [5, 5.41) is 4.17. The van der Waals surface area contributed by atoms with Gasteiger partial charge in [-0.3, -0.25) is 14.5 Å². The fourth-order valence-electron chi connectivity index (χ4n) is 3.91. The summed E-state index contributed by atoms with van der Waals surface area (Å²) in [7, 11) is 0. The third-order valence-corrected chi connectivity index (χ3v) is 8.04. The van der Waals surface area contributed by atoms with Gasteiger partial charge in [0.05, 0.1) is 10.6 Å². The van der Waals surface area contributed by atoms with Crippen LogP contribution in [0.25, 0.3) is 6.08 Å². The molecule has 1 saturated heterocycles. The van der Waals surface area contributed by atoms with E-state index in [1.165, 1.54) is 29.2 Å². The summed E-state index contributed by atoms with van der Waals surface area (Å²) in [6, 6.07) is 22.2. The Hall–Kier alpha value is -3.40. The Balaban J connectivity index is 1.36. The Bertz CT molecular complexity index is 1710. The molecule has 2 amide bonds. The lowest BCUT2D eigenvalue weighted by Crippen LogP contribution is -2.27. The van der Waals surface area contributed by atoms with Crippen molar-refractivity contribution in [3.8, 4) is 5.75 Å². The van der Waals surface area contributed by atoms with Gasteiger partial charge in [0.25, 0.3) is 11.8 Å². The molecule has 41 heavy (non-hydrogen) atoms. The van der Waals surface area contributed by atoms with Gasteiger partial charge in [-0.2, -0.15) is 0 Å². The molecule has 206 valence electrons. The minimum absolute atomic E-state index is 0.173. The molecule has 4 aromatic rings. The molecule has 0 radical (unpaired) electrons. The van der Waals surface area contributed by atoms with Gasteiger partial charge in [-0.25, -0.2) is 4.39 Å². The van der Waals surface area contributed by atoms with Crippen molar-refractivity contribution >= 4 is 92.4 Å². The highest BCUT2D eigenvalue weighted by atomic mass is 35.5. The van der Waals surface area contributed by atoms with Crippen molar-refractivity contribution in [2.75, 3.05) is 10.2 Å². The van der Waals surface area contributed by atoms with Crippen molar-refractivity contribution in [3.05, 3.63) is 127 Å². The quantitative estimate of drug-likeness (QED) is 0.161. The number of carbonyl (C=O) groups is 2. The second-order valence-electron chi connectivity index (χ2n) is 8.74. The number of halogens is 4. The fourth-order valence-corrected chi connectivity index (χ4v) is 5.85. The van der Waals surface area contributed by atoms with Gasteiger partial charge in [-0.05, 0) is 78.9 Å². The number of nitrogens with zero attached hydrogens (tertiary/aromatic N) is 1. The molecule has 0 spiro atoms. The predicted molar refractivity (Wildman–Crippen MR) is 169 cm³/mol. The van der Waals surface area contributed by atoms with E-state index in [0.29, 0.717) is 52.5 Å². The Labute approximate surface area is 259 Å². The zero-order valence-corrected chi connectivity index (χ0v) is 24.8. The summed E-state index contributed by atoms with van der Waals surface area (Å²) >= 11 is 25.2. The summed E-state index contributed by atoms with van der Waals surface area (Å²) in [4.78, 5) is 28.0. The zero-order chi connectivity index (χ0) is 29.1. The normalized spacial score (nSPS) is 14.0. The topological polar surface area (TPSA) is 58.6 Å². The lowest BCUT2D eigenvalue weighted by atomic mass is 10.1. The second-order valence-corrected chi connectivity index (χ2v) is 11.7. The van der Waals surface area contributed by atoms with Crippen LogP contribution in [0.1, 0.15) is 21.5 Å². The molecule has 4 aromatic carbocycles. The summed E-state index contributed by atoms with van der Waals surface area (Å²) in [6.45, 7) is 0.173. The predicted octanol–water partition coefficient (Wildman–Crippen LogP) is 9.02. The summed E-state index contributed by atoms with van der Waals surface area (Å²) < 4.78 is 19.5. The number of ether oxygens (including phenoxy) is 1. The van der Waals surface area contributed by atoms with E-state index in [1.807, 2.05) is 0 Å². The maximum Gasteiger partial charge on any atom is 0.270 e. The van der Waals surface area contributed by atoms with E-state index in [2.05, 4.69) is 5.32 Å². The number of rotatable bonds is 7. The van der Waals surface area contributed by atoms with Crippen LogP contribution in [0.2, 0.25) is 15.1 Å². The van der Waals surface area contributed by atoms with Gasteiger partial charge in [0, 0.05) is 37.4 Å². The van der Waals surface area contributed by atoms with Crippen molar-refractivity contribution in [1.82, 2.24) is 0 Å². The number of thiocarbonyl (C=S) groups is 1. The number of hydrogen-bond acceptors (Lipinski definition) is 5. The fraction of sp³-hybridized carbons (Fsp3) is 0.0333. The van der Waals surface area contributed by atoms with E-state index >= 15 is 0 Å². The van der Waals surface area contributed by atoms with E-state index in [-0.39, 0.29) is 12.5 Å². The van der Waals surface area contributed by atoms with Crippen molar-refractivity contribution in [3.63, 3.8) is 0 Å². The number of nitrogens with one attached hydrogen (secondary N) is 1. The summed E-state index contributed by atoms with van der Waals surface area (Å²) in [6.07, 6.45) is 1.66. The van der Waals surface area contributed by atoms with Crippen LogP contribution in [0.15, 0.2) is 89.8 Å². The molecule has 5 nitrogen and oxygen atoms in total. The van der Waals surface area contributed by atoms with Crippen molar-refractivity contribution in [1.29, 1.82) is 0 Å². The molecule has 1 fully saturated rings. The SMILES string of the molecule is O=C(Nc1ccc(F)cc1)c1cccc(N2C(=O)/C(=C\c3cc(Cl)ccc3OCc3ccc(Cl)cc3Cl)SC2=S)c1. The van der Waals surface area contributed by atoms with E-state index in [4.69, 9.17) is 51.8 Å². The first-order valence-electron chi connectivity index (χ1n) is 12.0. The minimum atomic E-state index is -0.416. The molecule has 11 heteroatoms. The highest BCUT2D eigenvalue weighted by Gasteiger charge is 2.34. The van der Waals surface area contributed by atoms with Crippen molar-refractivity contribution in [2.24, 2.45) is 0 Å². The van der Waals surface area contributed by atoms with Crippen LogP contribution in [0.4, 0.5) is 15.8 Å². The number of benzene rings is 4. The monoisotopic (exact) mass is 642 g/mol. The van der Waals surface area contributed by atoms with Gasteiger partial charge in [0.1, 0.15) is 18.2 Å². The average Bonchev–Trinajstić information content (AvgIpc) is 3.22. The third-order valence-electron chi connectivity index (χ3n) is 5.92.